The molecule has 0 fully saturated rings. The van der Waals surface area contributed by atoms with Crippen LogP contribution in [0, 0.1) is 31.6 Å². The van der Waals surface area contributed by atoms with E-state index in [1.54, 1.807) is 0 Å². The number of thioether (sulfide) groups is 1. The summed E-state index contributed by atoms with van der Waals surface area (Å²) in [6.07, 6.45) is 13.0. The molecule has 0 N–H and O–H groups in total. The predicted octanol–water partition coefficient (Wildman–Crippen LogP) is 8.99. The number of nitrogens with zero attached hydrogens (tertiary/aromatic N) is 3. The van der Waals surface area contributed by atoms with Crippen molar-refractivity contribution in [3.05, 3.63) is 66.5 Å². The van der Waals surface area contributed by atoms with Crippen molar-refractivity contribution in [3.8, 4) is 0 Å². The van der Waals surface area contributed by atoms with Crippen LogP contribution in [0.4, 0.5) is 0 Å². The number of thiazole rings is 2. The Kier molecular flexibility index (Phi) is 11.9. The van der Waals surface area contributed by atoms with E-state index < -0.39 is 0 Å². The summed E-state index contributed by atoms with van der Waals surface area (Å²) in [6, 6.07) is 0. The lowest BCUT2D eigenvalue weighted by Gasteiger charge is -2.22. The van der Waals surface area contributed by atoms with Gasteiger partial charge in [0.05, 0.1) is 21.4 Å². The lowest BCUT2D eigenvalue weighted by molar-refractivity contribution is -0.701. The Morgan fingerprint density at radius 3 is 2.11 bits per heavy atom. The molecule has 0 bridgehead atoms. The van der Waals surface area contributed by atoms with Crippen molar-refractivity contribution in [3.63, 3.8) is 0 Å². The highest BCUT2D eigenvalue weighted by Crippen LogP contribution is 2.35. The zero-order valence-corrected chi connectivity index (χ0v) is 27.5. The number of rotatable bonds is 13. The van der Waals surface area contributed by atoms with Crippen LogP contribution in [0.2, 0.25) is 0 Å². The van der Waals surface area contributed by atoms with Crippen LogP contribution in [0.5, 0.6) is 0 Å². The molecule has 0 saturated carbocycles. The molecule has 2 aromatic heterocycles. The summed E-state index contributed by atoms with van der Waals surface area (Å²) in [4.78, 5) is 2.48. The average molecular weight is 572 g/mol. The van der Waals surface area contributed by atoms with Gasteiger partial charge in [0.25, 0.3) is 10.0 Å². The number of aromatic nitrogens is 2. The van der Waals surface area contributed by atoms with Crippen LogP contribution < -0.4 is 9.13 Å². The highest BCUT2D eigenvalue weighted by Gasteiger charge is 2.22. The normalized spacial score (nSPS) is 15.9. The first-order valence-corrected chi connectivity index (χ1v) is 16.9. The summed E-state index contributed by atoms with van der Waals surface area (Å²) >= 11 is 5.57. The Labute approximate surface area is 244 Å². The van der Waals surface area contributed by atoms with Gasteiger partial charge in [-0.15, -0.1) is 0 Å². The van der Waals surface area contributed by atoms with E-state index in [4.69, 9.17) is 0 Å². The lowest BCUT2D eigenvalue weighted by atomic mass is 10.1. The first kappa shape index (κ1) is 30.9. The first-order chi connectivity index (χ1) is 18.1. The van der Waals surface area contributed by atoms with E-state index in [1.807, 2.05) is 34.4 Å². The summed E-state index contributed by atoms with van der Waals surface area (Å²) in [5, 5.41) is 10.9. The molecule has 208 valence electrons. The monoisotopic (exact) mass is 571 g/mol. The van der Waals surface area contributed by atoms with Crippen molar-refractivity contribution in [2.24, 2.45) is 17.8 Å². The molecule has 0 unspecified atom stereocenters. The van der Waals surface area contributed by atoms with Gasteiger partial charge in [-0.3, -0.25) is 0 Å². The van der Waals surface area contributed by atoms with E-state index >= 15 is 0 Å². The van der Waals surface area contributed by atoms with Gasteiger partial charge in [-0.25, -0.2) is 0 Å². The van der Waals surface area contributed by atoms with Gasteiger partial charge in [-0.05, 0) is 54.7 Å². The minimum Gasteiger partial charge on any atom is -0.339 e. The van der Waals surface area contributed by atoms with Crippen LogP contribution >= 0.6 is 34.4 Å². The number of hydrogen-bond acceptors (Lipinski definition) is 4. The standard InChI is InChI=1S/C32H49N3S3/c1-23(2)14-17-33-26(7)20-36-30(33)12-10-29(32-35(19-16-25(5)6)28(9)22-38-32)11-13-31-34(18-15-24(3)4)27(8)21-37-31/h10-13,20-25H,14-19H2,1-9H3/q+2. The molecule has 1 aliphatic heterocycles. The molecule has 0 radical (unpaired) electrons. The molecule has 38 heavy (non-hydrogen) atoms. The molecule has 2 aromatic rings. The van der Waals surface area contributed by atoms with E-state index in [0.29, 0.717) is 17.8 Å². The van der Waals surface area contributed by atoms with E-state index in [2.05, 4.69) is 117 Å². The van der Waals surface area contributed by atoms with Gasteiger partial charge >= 0.3 is 0 Å². The summed E-state index contributed by atoms with van der Waals surface area (Å²) in [5.41, 5.74) is 5.34. The van der Waals surface area contributed by atoms with E-state index in [9.17, 15) is 0 Å². The minimum absolute atomic E-state index is 0.687. The smallest absolute Gasteiger partial charge is 0.269 e. The predicted molar refractivity (Wildman–Crippen MR) is 170 cm³/mol. The zero-order valence-electron chi connectivity index (χ0n) is 25.1. The zero-order chi connectivity index (χ0) is 27.8. The average Bonchev–Trinajstić information content (AvgIpc) is 3.51. The van der Waals surface area contributed by atoms with Crippen LogP contribution in [-0.2, 0) is 13.1 Å². The number of hydrogen-bond donors (Lipinski definition) is 0. The first-order valence-electron chi connectivity index (χ1n) is 14.2. The van der Waals surface area contributed by atoms with Crippen molar-refractivity contribution >= 4 is 46.1 Å². The molecule has 0 aromatic carbocycles. The van der Waals surface area contributed by atoms with Gasteiger partial charge < -0.3 is 4.90 Å². The van der Waals surface area contributed by atoms with Crippen molar-refractivity contribution in [1.82, 2.24) is 4.90 Å². The Morgan fingerprint density at radius 1 is 0.842 bits per heavy atom. The van der Waals surface area contributed by atoms with Gasteiger partial charge in [-0.1, -0.05) is 76.0 Å². The van der Waals surface area contributed by atoms with Crippen LogP contribution in [0.1, 0.15) is 89.1 Å². The topological polar surface area (TPSA) is 11.0 Å². The fourth-order valence-corrected chi connectivity index (χ4v) is 7.24. The van der Waals surface area contributed by atoms with Crippen LogP contribution in [0.3, 0.4) is 0 Å². The number of allylic oxidation sites excluding steroid dienone is 5. The van der Waals surface area contributed by atoms with E-state index in [1.165, 1.54) is 57.0 Å². The third-order valence-corrected chi connectivity index (χ3v) is 10.2. The lowest BCUT2D eigenvalue weighted by Crippen LogP contribution is -2.39. The summed E-state index contributed by atoms with van der Waals surface area (Å²) in [7, 11) is 0. The third-order valence-electron chi connectivity index (χ3n) is 6.94. The minimum atomic E-state index is 0.687. The van der Waals surface area contributed by atoms with Crippen molar-refractivity contribution in [2.45, 2.75) is 94.7 Å². The van der Waals surface area contributed by atoms with Gasteiger partial charge in [0.15, 0.2) is 11.4 Å². The van der Waals surface area contributed by atoms with Crippen LogP contribution in [0.15, 0.2) is 45.1 Å². The molecule has 0 aliphatic carbocycles. The molecule has 0 saturated heterocycles. The highest BCUT2D eigenvalue weighted by molar-refractivity contribution is 8.06. The van der Waals surface area contributed by atoms with Crippen molar-refractivity contribution in [2.75, 3.05) is 6.54 Å². The SMILES string of the molecule is CC1=CS\C(=C/C=C(\C=C\c2scc(C)[n+]2CCC(C)C)c2scc(C)[n+]2CCC(C)C)N1CCC(C)C. The quantitative estimate of drug-likeness (QED) is 0.175. The fraction of sp³-hybridized carbons (Fsp3) is 0.562. The maximum absolute atomic E-state index is 2.52. The second-order valence-electron chi connectivity index (χ2n) is 11.7. The van der Waals surface area contributed by atoms with Crippen LogP contribution in [-0.4, -0.2) is 11.4 Å². The molecule has 0 spiro atoms. The molecule has 0 atom stereocenters. The van der Waals surface area contributed by atoms with Crippen molar-refractivity contribution in [1.29, 1.82) is 0 Å². The largest absolute Gasteiger partial charge is 0.339 e. The van der Waals surface area contributed by atoms with Crippen LogP contribution in [0.25, 0.3) is 11.6 Å². The van der Waals surface area contributed by atoms with Gasteiger partial charge in [0.2, 0.25) is 0 Å². The van der Waals surface area contributed by atoms with Gasteiger partial charge in [-0.2, -0.15) is 9.13 Å². The molecule has 6 heteroatoms. The maximum atomic E-state index is 2.52. The molecule has 3 rings (SSSR count). The third kappa shape index (κ3) is 8.69. The second-order valence-corrected chi connectivity index (χ2v) is 14.4. The number of aryl methyl sites for hydroxylation is 2. The van der Waals surface area contributed by atoms with Crippen molar-refractivity contribution < 1.29 is 9.13 Å². The molecular weight excluding hydrogens is 523 g/mol. The molecule has 0 amide bonds. The van der Waals surface area contributed by atoms with E-state index in [0.717, 1.165) is 19.6 Å². The summed E-state index contributed by atoms with van der Waals surface area (Å²) in [6.45, 7) is 23.8. The highest BCUT2D eigenvalue weighted by atomic mass is 32.2. The summed E-state index contributed by atoms with van der Waals surface area (Å²) < 4.78 is 5.01. The Hall–Kier alpha value is -1.63. The summed E-state index contributed by atoms with van der Waals surface area (Å²) in [5.74, 6) is 2.09. The maximum Gasteiger partial charge on any atom is 0.269 e. The molecular formula is C32H49N3S3+2. The molecule has 3 heterocycles. The van der Waals surface area contributed by atoms with E-state index in [-0.39, 0.29) is 0 Å². The Balaban J connectivity index is 1.99. The Morgan fingerprint density at radius 2 is 1.45 bits per heavy atom. The second kappa shape index (κ2) is 14.7. The Bertz CT molecular complexity index is 1170. The van der Waals surface area contributed by atoms with Gasteiger partial charge in [0.1, 0.15) is 13.1 Å². The molecule has 3 nitrogen and oxygen atoms in total. The molecule has 1 aliphatic rings. The van der Waals surface area contributed by atoms with Gasteiger partial charge in [0, 0.05) is 45.0 Å². The fourth-order valence-electron chi connectivity index (χ4n) is 4.34.